The van der Waals surface area contributed by atoms with Crippen LogP contribution in [0.2, 0.25) is 0 Å². The minimum Gasteiger partial charge on any atom is -0.469 e. The van der Waals surface area contributed by atoms with Crippen molar-refractivity contribution in [2.24, 2.45) is 0 Å². The zero-order valence-corrected chi connectivity index (χ0v) is 14.3. The average molecular weight is 349 g/mol. The van der Waals surface area contributed by atoms with E-state index in [2.05, 4.69) is 10.1 Å². The number of carbonyl (C=O) groups excluding carboxylic acids is 2. The SMILES string of the molecule is COC(=O)CC(NC(=O)CCCc1cccs1)c1ccc(F)cc1. The van der Waals surface area contributed by atoms with Gasteiger partial charge in [-0.2, -0.15) is 0 Å². The highest BCUT2D eigenvalue weighted by molar-refractivity contribution is 7.09. The largest absolute Gasteiger partial charge is 0.469 e. The smallest absolute Gasteiger partial charge is 0.307 e. The van der Waals surface area contributed by atoms with Crippen LogP contribution in [0.3, 0.4) is 0 Å². The van der Waals surface area contributed by atoms with Gasteiger partial charge in [0.25, 0.3) is 0 Å². The van der Waals surface area contributed by atoms with Crippen LogP contribution in [0.5, 0.6) is 0 Å². The molecule has 2 aromatic rings. The predicted molar refractivity (Wildman–Crippen MR) is 91.2 cm³/mol. The molecule has 0 aliphatic heterocycles. The lowest BCUT2D eigenvalue weighted by atomic mass is 10.0. The molecule has 0 saturated carbocycles. The third kappa shape index (κ3) is 5.77. The maximum atomic E-state index is 13.1. The van der Waals surface area contributed by atoms with Gasteiger partial charge in [-0.15, -0.1) is 11.3 Å². The fourth-order valence-electron chi connectivity index (χ4n) is 2.34. The van der Waals surface area contributed by atoms with E-state index in [1.54, 1.807) is 23.5 Å². The van der Waals surface area contributed by atoms with E-state index in [4.69, 9.17) is 0 Å². The lowest BCUT2D eigenvalue weighted by Crippen LogP contribution is -2.30. The van der Waals surface area contributed by atoms with Crippen LogP contribution in [-0.2, 0) is 20.7 Å². The normalized spacial score (nSPS) is 11.8. The maximum absolute atomic E-state index is 13.1. The molecule has 4 nitrogen and oxygen atoms in total. The minimum absolute atomic E-state index is 0.0127. The summed E-state index contributed by atoms with van der Waals surface area (Å²) in [5.41, 5.74) is 0.674. The van der Waals surface area contributed by atoms with Gasteiger partial charge in [0.1, 0.15) is 5.82 Å². The molecular formula is C18H20FNO3S. The van der Waals surface area contributed by atoms with Crippen molar-refractivity contribution < 1.29 is 18.7 Å². The van der Waals surface area contributed by atoms with Gasteiger partial charge in [-0.25, -0.2) is 4.39 Å². The standard InChI is InChI=1S/C18H20FNO3S/c1-23-18(22)12-16(13-7-9-14(19)10-8-13)20-17(21)6-2-4-15-5-3-11-24-15/h3,5,7-11,16H,2,4,6,12H2,1H3,(H,20,21). The number of halogens is 1. The third-order valence-electron chi connectivity index (χ3n) is 3.61. The van der Waals surface area contributed by atoms with Gasteiger partial charge in [0.15, 0.2) is 0 Å². The number of aryl methyl sites for hydroxylation is 1. The fourth-order valence-corrected chi connectivity index (χ4v) is 3.09. The molecule has 0 saturated heterocycles. The van der Waals surface area contributed by atoms with E-state index in [1.165, 1.54) is 24.1 Å². The summed E-state index contributed by atoms with van der Waals surface area (Å²) in [4.78, 5) is 25.0. The molecule has 1 amide bonds. The van der Waals surface area contributed by atoms with E-state index in [1.807, 2.05) is 17.5 Å². The van der Waals surface area contributed by atoms with Crippen LogP contribution in [0.4, 0.5) is 4.39 Å². The molecule has 0 radical (unpaired) electrons. The maximum Gasteiger partial charge on any atom is 0.307 e. The molecule has 0 bridgehead atoms. The molecule has 0 aliphatic carbocycles. The van der Waals surface area contributed by atoms with Crippen LogP contribution >= 0.6 is 11.3 Å². The Balaban J connectivity index is 1.92. The molecule has 128 valence electrons. The predicted octanol–water partition coefficient (Wildman–Crippen LogP) is 3.63. The molecule has 0 aliphatic rings. The second-order valence-corrected chi connectivity index (χ2v) is 6.42. The van der Waals surface area contributed by atoms with Crippen LogP contribution in [0.15, 0.2) is 41.8 Å². The zero-order chi connectivity index (χ0) is 17.4. The quantitative estimate of drug-likeness (QED) is 0.741. The third-order valence-corrected chi connectivity index (χ3v) is 4.55. The highest BCUT2D eigenvalue weighted by Crippen LogP contribution is 2.19. The molecule has 1 unspecified atom stereocenters. The lowest BCUT2D eigenvalue weighted by molar-refractivity contribution is -0.141. The first-order valence-electron chi connectivity index (χ1n) is 7.72. The molecule has 1 heterocycles. The Morgan fingerprint density at radius 1 is 1.25 bits per heavy atom. The molecule has 0 fully saturated rings. The van der Waals surface area contributed by atoms with Crippen molar-refractivity contribution in [3.63, 3.8) is 0 Å². The van der Waals surface area contributed by atoms with Crippen molar-refractivity contribution in [3.05, 3.63) is 58.0 Å². The number of nitrogens with one attached hydrogen (secondary N) is 1. The summed E-state index contributed by atoms with van der Waals surface area (Å²) in [7, 11) is 1.30. The highest BCUT2D eigenvalue weighted by Gasteiger charge is 2.19. The number of methoxy groups -OCH3 is 1. The summed E-state index contributed by atoms with van der Waals surface area (Å²) in [6, 6.07) is 9.25. The molecule has 1 aromatic heterocycles. The van der Waals surface area contributed by atoms with Crippen LogP contribution in [0, 0.1) is 5.82 Å². The van der Waals surface area contributed by atoms with Gasteiger partial charge in [0, 0.05) is 11.3 Å². The number of thiophene rings is 1. The number of amides is 1. The van der Waals surface area contributed by atoms with Crippen LogP contribution < -0.4 is 5.32 Å². The fraction of sp³-hybridized carbons (Fsp3) is 0.333. The molecular weight excluding hydrogens is 329 g/mol. The monoisotopic (exact) mass is 349 g/mol. The van der Waals surface area contributed by atoms with Crippen molar-refractivity contribution in [2.75, 3.05) is 7.11 Å². The van der Waals surface area contributed by atoms with E-state index in [0.717, 1.165) is 12.8 Å². The van der Waals surface area contributed by atoms with Crippen LogP contribution in [0.1, 0.15) is 35.7 Å². The van der Waals surface area contributed by atoms with E-state index in [0.29, 0.717) is 12.0 Å². The topological polar surface area (TPSA) is 55.4 Å². The molecule has 1 atom stereocenters. The van der Waals surface area contributed by atoms with E-state index < -0.39 is 12.0 Å². The van der Waals surface area contributed by atoms with Crippen LogP contribution in [0.25, 0.3) is 0 Å². The summed E-state index contributed by atoms with van der Waals surface area (Å²) in [6.45, 7) is 0. The van der Waals surface area contributed by atoms with Gasteiger partial charge < -0.3 is 10.1 Å². The van der Waals surface area contributed by atoms with E-state index in [-0.39, 0.29) is 18.1 Å². The summed E-state index contributed by atoms with van der Waals surface area (Å²) < 4.78 is 17.7. The van der Waals surface area contributed by atoms with Crippen molar-refractivity contribution >= 4 is 23.2 Å². The Morgan fingerprint density at radius 3 is 2.62 bits per heavy atom. The molecule has 24 heavy (non-hydrogen) atoms. The molecule has 2 rings (SSSR count). The second kappa shape index (κ2) is 9.17. The average Bonchev–Trinajstić information content (AvgIpc) is 3.08. The van der Waals surface area contributed by atoms with Gasteiger partial charge in [-0.05, 0) is 42.0 Å². The van der Waals surface area contributed by atoms with Crippen molar-refractivity contribution in [1.29, 1.82) is 0 Å². The molecule has 6 heteroatoms. The van der Waals surface area contributed by atoms with Gasteiger partial charge in [0.2, 0.25) is 5.91 Å². The lowest BCUT2D eigenvalue weighted by Gasteiger charge is -2.18. The Bertz CT molecular complexity index is 655. The van der Waals surface area contributed by atoms with Gasteiger partial charge >= 0.3 is 5.97 Å². The first kappa shape index (κ1) is 18.1. The number of carbonyl (C=O) groups is 2. The Morgan fingerprint density at radius 2 is 2.00 bits per heavy atom. The van der Waals surface area contributed by atoms with Gasteiger partial charge in [-0.3, -0.25) is 9.59 Å². The number of benzene rings is 1. The summed E-state index contributed by atoms with van der Waals surface area (Å²) in [6.07, 6.45) is 1.97. The van der Waals surface area contributed by atoms with Crippen molar-refractivity contribution in [3.8, 4) is 0 Å². The number of hydrogen-bond donors (Lipinski definition) is 1. The van der Waals surface area contributed by atoms with Gasteiger partial charge in [-0.1, -0.05) is 18.2 Å². The zero-order valence-electron chi connectivity index (χ0n) is 13.5. The second-order valence-electron chi connectivity index (χ2n) is 5.38. The minimum atomic E-state index is -0.521. The Labute approximate surface area is 144 Å². The van der Waals surface area contributed by atoms with Gasteiger partial charge in [0.05, 0.1) is 19.6 Å². The first-order valence-corrected chi connectivity index (χ1v) is 8.60. The number of esters is 1. The van der Waals surface area contributed by atoms with Crippen molar-refractivity contribution in [1.82, 2.24) is 5.32 Å². The Hall–Kier alpha value is -2.21. The first-order chi connectivity index (χ1) is 11.6. The summed E-state index contributed by atoms with van der Waals surface area (Å²) in [5.74, 6) is -0.925. The number of ether oxygens (including phenoxy) is 1. The number of hydrogen-bond acceptors (Lipinski definition) is 4. The van der Waals surface area contributed by atoms with Crippen LogP contribution in [-0.4, -0.2) is 19.0 Å². The summed E-state index contributed by atoms with van der Waals surface area (Å²) >= 11 is 1.67. The molecule has 1 N–H and O–H groups in total. The highest BCUT2D eigenvalue weighted by atomic mass is 32.1. The Kier molecular flexibility index (Phi) is 6.93. The molecule has 1 aromatic carbocycles. The molecule has 0 spiro atoms. The van der Waals surface area contributed by atoms with Crippen molar-refractivity contribution in [2.45, 2.75) is 31.7 Å². The van der Waals surface area contributed by atoms with E-state index in [9.17, 15) is 14.0 Å². The number of rotatable bonds is 8. The summed E-state index contributed by atoms with van der Waals surface area (Å²) in [5, 5.41) is 4.85. The van der Waals surface area contributed by atoms with E-state index >= 15 is 0 Å².